The van der Waals surface area contributed by atoms with Crippen molar-refractivity contribution in [3.8, 4) is 0 Å². The average Bonchev–Trinajstić information content (AvgIpc) is 3.10. The van der Waals surface area contributed by atoms with Crippen LogP contribution >= 0.6 is 23.7 Å². The van der Waals surface area contributed by atoms with Gasteiger partial charge in [-0.1, -0.05) is 38.1 Å². The zero-order valence-corrected chi connectivity index (χ0v) is 17.2. The summed E-state index contributed by atoms with van der Waals surface area (Å²) in [6.07, 6.45) is 0. The fourth-order valence-corrected chi connectivity index (χ4v) is 4.67. The molecule has 1 heterocycles. The first-order valence-corrected chi connectivity index (χ1v) is 10.1. The first-order valence-electron chi connectivity index (χ1n) is 7.77. The molecule has 0 bridgehead atoms. The zero-order valence-electron chi connectivity index (χ0n) is 14.8. The monoisotopic (exact) mass is 418 g/mol. The van der Waals surface area contributed by atoms with Crippen LogP contribution in [0.2, 0.25) is 0 Å². The van der Waals surface area contributed by atoms with Crippen molar-refractivity contribution >= 4 is 39.7 Å². The summed E-state index contributed by atoms with van der Waals surface area (Å²) in [7, 11) is -2.64. The Bertz CT molecular complexity index is 833. The molecule has 6 nitrogen and oxygen atoms in total. The lowest BCUT2D eigenvalue weighted by molar-refractivity contribution is 0.0602. The fraction of sp³-hybridized carbons (Fsp3) is 0.353. The predicted octanol–water partition coefficient (Wildman–Crippen LogP) is 3.06. The Morgan fingerprint density at radius 2 is 1.77 bits per heavy atom. The first kappa shape index (κ1) is 22.6. The van der Waals surface area contributed by atoms with E-state index in [0.717, 1.165) is 16.9 Å². The number of carbonyl (C=O) groups excluding carboxylic acids is 1. The lowest BCUT2D eigenvalue weighted by atomic mass is 9.99. The fourth-order valence-electron chi connectivity index (χ4n) is 2.27. The van der Waals surface area contributed by atoms with Crippen LogP contribution in [0.1, 0.15) is 46.6 Å². The van der Waals surface area contributed by atoms with E-state index in [1.54, 1.807) is 0 Å². The number of sulfonamides is 1. The molecule has 1 unspecified atom stereocenters. The van der Waals surface area contributed by atoms with Crippen LogP contribution in [0.15, 0.2) is 40.6 Å². The molecule has 0 aliphatic rings. The van der Waals surface area contributed by atoms with Gasteiger partial charge in [0.1, 0.15) is 9.77 Å². The van der Waals surface area contributed by atoms with Crippen molar-refractivity contribution in [2.24, 2.45) is 5.73 Å². The highest BCUT2D eigenvalue weighted by Crippen LogP contribution is 2.23. The van der Waals surface area contributed by atoms with E-state index in [9.17, 15) is 13.2 Å². The molecular weight excluding hydrogens is 396 g/mol. The molecule has 0 spiro atoms. The van der Waals surface area contributed by atoms with Crippen LogP contribution in [0.5, 0.6) is 0 Å². The van der Waals surface area contributed by atoms with E-state index in [-0.39, 0.29) is 28.7 Å². The van der Waals surface area contributed by atoms with Crippen molar-refractivity contribution < 1.29 is 17.9 Å². The van der Waals surface area contributed by atoms with Crippen molar-refractivity contribution in [1.82, 2.24) is 4.72 Å². The number of carbonyl (C=O) groups is 1. The molecule has 2 aromatic rings. The molecule has 1 atom stereocenters. The number of nitrogens with one attached hydrogen (secondary N) is 1. The SMILES string of the molecule is COC(=O)c1sccc1S(=O)(=O)NCC(N)c1ccc(C(C)C)cc1.Cl. The van der Waals surface area contributed by atoms with Crippen LogP contribution in [0.3, 0.4) is 0 Å². The maximum absolute atomic E-state index is 12.4. The molecule has 0 amide bonds. The molecular formula is C17H23ClN2O4S2. The third kappa shape index (κ3) is 5.28. The van der Waals surface area contributed by atoms with Gasteiger partial charge in [0.15, 0.2) is 0 Å². The van der Waals surface area contributed by atoms with Gasteiger partial charge in [-0.05, 0) is 28.5 Å². The number of thiophene rings is 1. The quantitative estimate of drug-likeness (QED) is 0.673. The first-order chi connectivity index (χ1) is 11.8. The van der Waals surface area contributed by atoms with Crippen LogP contribution in [-0.2, 0) is 14.8 Å². The molecule has 1 aromatic carbocycles. The van der Waals surface area contributed by atoms with Gasteiger partial charge in [0.05, 0.1) is 7.11 Å². The van der Waals surface area contributed by atoms with Crippen molar-refractivity contribution in [2.45, 2.75) is 30.7 Å². The Morgan fingerprint density at radius 3 is 2.31 bits per heavy atom. The molecule has 0 fully saturated rings. The second-order valence-corrected chi connectivity index (χ2v) is 8.54. The van der Waals surface area contributed by atoms with Crippen LogP contribution in [0.25, 0.3) is 0 Å². The van der Waals surface area contributed by atoms with E-state index in [1.807, 2.05) is 24.3 Å². The highest BCUT2D eigenvalue weighted by atomic mass is 35.5. The molecule has 1 aromatic heterocycles. The summed E-state index contributed by atoms with van der Waals surface area (Å²) in [6.45, 7) is 4.23. The Labute approximate surface area is 164 Å². The Morgan fingerprint density at radius 1 is 1.19 bits per heavy atom. The summed E-state index contributed by atoms with van der Waals surface area (Å²) in [5.41, 5.74) is 8.12. The van der Waals surface area contributed by atoms with E-state index in [2.05, 4.69) is 23.3 Å². The number of benzene rings is 1. The maximum Gasteiger partial charge on any atom is 0.349 e. The number of ether oxygens (including phenoxy) is 1. The molecule has 2 rings (SSSR count). The summed E-state index contributed by atoms with van der Waals surface area (Å²) < 4.78 is 32.0. The van der Waals surface area contributed by atoms with Crippen molar-refractivity contribution in [3.05, 3.63) is 51.7 Å². The molecule has 3 N–H and O–H groups in total. The smallest absolute Gasteiger partial charge is 0.349 e. The lowest BCUT2D eigenvalue weighted by Crippen LogP contribution is -2.32. The number of halogens is 1. The Kier molecular flexibility index (Phi) is 8.23. The van der Waals surface area contributed by atoms with Gasteiger partial charge >= 0.3 is 5.97 Å². The van der Waals surface area contributed by atoms with Gasteiger partial charge in [-0.2, -0.15) is 0 Å². The number of hydrogen-bond acceptors (Lipinski definition) is 6. The minimum absolute atomic E-state index is 0. The normalized spacial score (nSPS) is 12.5. The van der Waals surface area contributed by atoms with Crippen molar-refractivity contribution in [2.75, 3.05) is 13.7 Å². The second-order valence-electron chi connectivity index (χ2n) is 5.89. The van der Waals surface area contributed by atoms with E-state index in [0.29, 0.717) is 5.92 Å². The van der Waals surface area contributed by atoms with Gasteiger partial charge < -0.3 is 10.5 Å². The molecule has 9 heteroatoms. The van der Waals surface area contributed by atoms with Gasteiger partial charge in [0.25, 0.3) is 0 Å². The average molecular weight is 419 g/mol. The van der Waals surface area contributed by atoms with E-state index >= 15 is 0 Å². The third-order valence-electron chi connectivity index (χ3n) is 3.81. The molecule has 0 saturated carbocycles. The van der Waals surface area contributed by atoms with Gasteiger partial charge in [-0.25, -0.2) is 17.9 Å². The number of esters is 1. The van der Waals surface area contributed by atoms with E-state index < -0.39 is 22.0 Å². The van der Waals surface area contributed by atoms with Crippen LogP contribution in [0, 0.1) is 0 Å². The van der Waals surface area contributed by atoms with Crippen LogP contribution < -0.4 is 10.5 Å². The minimum atomic E-state index is -3.85. The zero-order chi connectivity index (χ0) is 18.6. The summed E-state index contributed by atoms with van der Waals surface area (Å²) in [4.78, 5) is 11.6. The summed E-state index contributed by atoms with van der Waals surface area (Å²) in [5.74, 6) is -0.261. The molecule has 26 heavy (non-hydrogen) atoms. The number of methoxy groups -OCH3 is 1. The molecule has 144 valence electrons. The summed E-state index contributed by atoms with van der Waals surface area (Å²) >= 11 is 1.02. The highest BCUT2D eigenvalue weighted by Gasteiger charge is 2.25. The summed E-state index contributed by atoms with van der Waals surface area (Å²) in [6, 6.07) is 8.67. The standard InChI is InChI=1S/C17H22N2O4S2.ClH/c1-11(2)12-4-6-13(7-5-12)14(18)10-19-25(21,22)15-8-9-24-16(15)17(20)23-3;/h4-9,11,14,19H,10,18H2,1-3H3;1H. The largest absolute Gasteiger partial charge is 0.465 e. The van der Waals surface area contributed by atoms with E-state index in [1.165, 1.54) is 24.1 Å². The number of nitrogens with two attached hydrogens (primary N) is 1. The molecule has 0 saturated heterocycles. The lowest BCUT2D eigenvalue weighted by Gasteiger charge is -2.15. The van der Waals surface area contributed by atoms with Gasteiger partial charge in [-0.3, -0.25) is 0 Å². The van der Waals surface area contributed by atoms with Gasteiger partial charge in [-0.15, -0.1) is 23.7 Å². The van der Waals surface area contributed by atoms with E-state index in [4.69, 9.17) is 5.73 Å². The number of rotatable bonds is 7. The maximum atomic E-state index is 12.4. The number of hydrogen-bond donors (Lipinski definition) is 2. The topological polar surface area (TPSA) is 98.5 Å². The van der Waals surface area contributed by atoms with Gasteiger partial charge in [0, 0.05) is 12.6 Å². The molecule has 0 radical (unpaired) electrons. The Balaban J connectivity index is 0.00000338. The molecule has 0 aliphatic carbocycles. The van der Waals surface area contributed by atoms with Crippen molar-refractivity contribution in [3.63, 3.8) is 0 Å². The highest BCUT2D eigenvalue weighted by molar-refractivity contribution is 7.89. The summed E-state index contributed by atoms with van der Waals surface area (Å²) in [5, 5.41) is 1.53. The third-order valence-corrected chi connectivity index (χ3v) is 6.30. The second kappa shape index (κ2) is 9.48. The predicted molar refractivity (Wildman–Crippen MR) is 106 cm³/mol. The van der Waals surface area contributed by atoms with Gasteiger partial charge in [0.2, 0.25) is 10.0 Å². The Hall–Kier alpha value is -1.45. The van der Waals surface area contributed by atoms with Crippen molar-refractivity contribution in [1.29, 1.82) is 0 Å². The van der Waals surface area contributed by atoms with Crippen LogP contribution in [0.4, 0.5) is 0 Å². The molecule has 0 aliphatic heterocycles. The minimum Gasteiger partial charge on any atom is -0.465 e. The van der Waals surface area contributed by atoms with Crippen LogP contribution in [-0.4, -0.2) is 28.0 Å².